The number of thiophene rings is 1. The van der Waals surface area contributed by atoms with E-state index in [1.54, 1.807) is 6.07 Å². The molecule has 13 heteroatoms. The zero-order valence-electron chi connectivity index (χ0n) is 20.3. The number of rotatable bonds is 11. The van der Waals surface area contributed by atoms with Crippen LogP contribution in [0.1, 0.15) is 23.5 Å². The fourth-order valence-corrected chi connectivity index (χ4v) is 4.82. The third kappa shape index (κ3) is 8.16. The Hall–Kier alpha value is -2.67. The van der Waals surface area contributed by atoms with E-state index in [2.05, 4.69) is 10.6 Å². The van der Waals surface area contributed by atoms with E-state index in [0.29, 0.717) is 21.5 Å². The van der Waals surface area contributed by atoms with Gasteiger partial charge in [-0.3, -0.25) is 19.3 Å². The minimum Gasteiger partial charge on any atom is -0.370 e. The van der Waals surface area contributed by atoms with Gasteiger partial charge in [0.15, 0.2) is 0 Å². The number of carbonyl (C=O) groups is 3. The highest BCUT2D eigenvalue weighted by molar-refractivity contribution is 7.18. The van der Waals surface area contributed by atoms with Gasteiger partial charge in [-0.1, -0.05) is 25.4 Å². The second-order valence-corrected chi connectivity index (χ2v) is 10.5. The summed E-state index contributed by atoms with van der Waals surface area (Å²) in [6.07, 6.45) is -2.73. The van der Waals surface area contributed by atoms with Gasteiger partial charge < -0.3 is 20.3 Å². The molecule has 2 N–H and O–H groups in total. The van der Waals surface area contributed by atoms with Crippen molar-refractivity contribution in [3.8, 4) is 0 Å². The number of hydrogen-bond donors (Lipinski definition) is 2. The molecule has 3 amide bonds. The maximum absolute atomic E-state index is 14.9. The quantitative estimate of drug-likeness (QED) is 0.435. The van der Waals surface area contributed by atoms with Gasteiger partial charge in [0.25, 0.3) is 18.2 Å². The lowest BCUT2D eigenvalue weighted by Gasteiger charge is -2.32. The van der Waals surface area contributed by atoms with E-state index in [0.717, 1.165) is 17.4 Å². The first-order chi connectivity index (χ1) is 17.5. The minimum atomic E-state index is -2.73. The van der Waals surface area contributed by atoms with Gasteiger partial charge in [0.05, 0.1) is 28.1 Å². The number of anilines is 2. The monoisotopic (exact) mass is 560 g/mol. The van der Waals surface area contributed by atoms with Gasteiger partial charge >= 0.3 is 0 Å². The van der Waals surface area contributed by atoms with E-state index in [1.807, 2.05) is 13.8 Å². The van der Waals surface area contributed by atoms with E-state index in [4.69, 9.17) is 16.3 Å². The van der Waals surface area contributed by atoms with Gasteiger partial charge in [0, 0.05) is 25.3 Å². The van der Waals surface area contributed by atoms with Gasteiger partial charge in [-0.05, 0) is 36.2 Å². The van der Waals surface area contributed by atoms with Crippen LogP contribution in [0.25, 0.3) is 0 Å². The molecule has 2 heterocycles. The van der Waals surface area contributed by atoms with Gasteiger partial charge in [-0.25, -0.2) is 13.2 Å². The van der Waals surface area contributed by atoms with Crippen molar-refractivity contribution in [2.24, 2.45) is 5.92 Å². The fraction of sp³-hybridized carbons (Fsp3) is 0.458. The molecule has 1 saturated heterocycles. The largest absolute Gasteiger partial charge is 0.370 e. The molecule has 3 rings (SSSR count). The molecular weight excluding hydrogens is 533 g/mol. The van der Waals surface area contributed by atoms with Crippen molar-refractivity contribution in [3.05, 3.63) is 45.4 Å². The molecular formula is C24H28ClF3N4O4S. The molecule has 0 bridgehead atoms. The first-order valence-electron chi connectivity index (χ1n) is 11.6. The Kier molecular flexibility index (Phi) is 10.3. The molecule has 0 spiro atoms. The number of benzene rings is 1. The molecule has 1 aliphatic heterocycles. The van der Waals surface area contributed by atoms with Crippen LogP contribution in [0.5, 0.6) is 0 Å². The lowest BCUT2D eigenvalue weighted by Crippen LogP contribution is -2.53. The third-order valence-corrected chi connectivity index (χ3v) is 6.71. The number of halogens is 4. The van der Waals surface area contributed by atoms with Crippen molar-refractivity contribution in [2.45, 2.75) is 26.3 Å². The van der Waals surface area contributed by atoms with E-state index < -0.39 is 36.6 Å². The number of alkyl halides is 2. The fourth-order valence-electron chi connectivity index (χ4n) is 3.86. The van der Waals surface area contributed by atoms with Crippen LogP contribution in [0.15, 0.2) is 30.3 Å². The molecule has 2 aromatic rings. The summed E-state index contributed by atoms with van der Waals surface area (Å²) in [4.78, 5) is 40.7. The molecule has 0 radical (unpaired) electrons. The van der Waals surface area contributed by atoms with Crippen LogP contribution in [0, 0.1) is 11.7 Å². The SMILES string of the molecule is CC(C)CN(CC(F)F)[C@H](CNC(=O)c1ccc(Cl)s1)C(=O)Nc1ccc(N2CCOCC2=O)cc1F. The molecule has 1 fully saturated rings. The van der Waals surface area contributed by atoms with Crippen molar-refractivity contribution in [1.29, 1.82) is 0 Å². The summed E-state index contributed by atoms with van der Waals surface area (Å²) in [6, 6.07) is 5.73. The van der Waals surface area contributed by atoms with E-state index in [9.17, 15) is 27.6 Å². The number of ether oxygens (including phenoxy) is 1. The Morgan fingerprint density at radius 3 is 2.57 bits per heavy atom. The first-order valence-corrected chi connectivity index (χ1v) is 12.8. The third-order valence-electron chi connectivity index (χ3n) is 5.48. The molecule has 1 aromatic heterocycles. The number of nitrogens with one attached hydrogen (secondary N) is 2. The average molecular weight is 561 g/mol. The van der Waals surface area contributed by atoms with Gasteiger partial charge in [0.2, 0.25) is 5.91 Å². The number of morpholine rings is 1. The molecule has 0 saturated carbocycles. The zero-order chi connectivity index (χ0) is 27.1. The Balaban J connectivity index is 1.79. The molecule has 1 aliphatic rings. The zero-order valence-corrected chi connectivity index (χ0v) is 21.9. The number of amides is 3. The summed E-state index contributed by atoms with van der Waals surface area (Å²) in [5, 5.41) is 5.04. The van der Waals surface area contributed by atoms with Gasteiger partial charge in [0.1, 0.15) is 18.5 Å². The van der Waals surface area contributed by atoms with E-state index in [1.165, 1.54) is 28.0 Å². The Morgan fingerprint density at radius 2 is 1.97 bits per heavy atom. The molecule has 1 atom stereocenters. The maximum Gasteiger partial charge on any atom is 0.261 e. The normalized spacial score (nSPS) is 14.9. The van der Waals surface area contributed by atoms with Gasteiger partial charge in [-0.15, -0.1) is 11.3 Å². The summed E-state index contributed by atoms with van der Waals surface area (Å²) in [5.41, 5.74) is 0.124. The molecule has 37 heavy (non-hydrogen) atoms. The van der Waals surface area contributed by atoms with Crippen LogP contribution in [-0.4, -0.2) is 74.5 Å². The number of hydrogen-bond acceptors (Lipinski definition) is 6. The van der Waals surface area contributed by atoms with Crippen molar-refractivity contribution >= 4 is 52.0 Å². The number of carbonyl (C=O) groups excluding carboxylic acids is 3. The van der Waals surface area contributed by atoms with E-state index >= 15 is 0 Å². The van der Waals surface area contributed by atoms with Crippen LogP contribution in [-0.2, 0) is 14.3 Å². The van der Waals surface area contributed by atoms with Gasteiger partial charge in [-0.2, -0.15) is 0 Å². The van der Waals surface area contributed by atoms with Crippen LogP contribution in [0.3, 0.4) is 0 Å². The predicted octanol–water partition coefficient (Wildman–Crippen LogP) is 3.86. The standard InChI is InChI=1S/C24H28ClF3N4O4S/c1-14(2)11-31(12-21(27)28)18(10-29-24(35)19-5-6-20(25)37-19)23(34)30-17-4-3-15(9-16(17)26)32-7-8-36-13-22(32)33/h3-6,9,14,18,21H,7-8,10-13H2,1-2H3,(H,29,35)(H,30,34)/t18-/m1/s1. The van der Waals surface area contributed by atoms with Crippen LogP contribution >= 0.6 is 22.9 Å². The second-order valence-electron chi connectivity index (χ2n) is 8.82. The van der Waals surface area contributed by atoms with Crippen LogP contribution < -0.4 is 15.5 Å². The Morgan fingerprint density at radius 1 is 1.22 bits per heavy atom. The number of nitrogens with zero attached hydrogens (tertiary/aromatic N) is 2. The molecule has 8 nitrogen and oxygen atoms in total. The maximum atomic E-state index is 14.9. The Bertz CT molecular complexity index is 1110. The highest BCUT2D eigenvalue weighted by atomic mass is 35.5. The Labute approximate surface area is 221 Å². The molecule has 0 unspecified atom stereocenters. The lowest BCUT2D eigenvalue weighted by atomic mass is 10.1. The van der Waals surface area contributed by atoms with Crippen molar-refractivity contribution in [3.63, 3.8) is 0 Å². The minimum absolute atomic E-state index is 0.0667. The smallest absolute Gasteiger partial charge is 0.261 e. The average Bonchev–Trinajstić information content (AvgIpc) is 3.26. The van der Waals surface area contributed by atoms with Crippen LogP contribution in [0.4, 0.5) is 24.5 Å². The van der Waals surface area contributed by atoms with E-state index in [-0.39, 0.29) is 43.8 Å². The van der Waals surface area contributed by atoms with Crippen molar-refractivity contribution in [2.75, 3.05) is 49.6 Å². The van der Waals surface area contributed by atoms with Crippen molar-refractivity contribution < 1.29 is 32.3 Å². The molecule has 1 aromatic carbocycles. The van der Waals surface area contributed by atoms with Crippen LogP contribution in [0.2, 0.25) is 4.34 Å². The summed E-state index contributed by atoms with van der Waals surface area (Å²) < 4.78 is 47.2. The lowest BCUT2D eigenvalue weighted by molar-refractivity contribution is -0.125. The highest BCUT2D eigenvalue weighted by Crippen LogP contribution is 2.24. The first kappa shape index (κ1) is 28.9. The summed E-state index contributed by atoms with van der Waals surface area (Å²) in [5.74, 6) is -2.46. The summed E-state index contributed by atoms with van der Waals surface area (Å²) in [6.45, 7) is 3.23. The predicted molar refractivity (Wildman–Crippen MR) is 136 cm³/mol. The highest BCUT2D eigenvalue weighted by Gasteiger charge is 2.30. The second kappa shape index (κ2) is 13.2. The topological polar surface area (TPSA) is 91.0 Å². The molecule has 0 aliphatic carbocycles. The molecule has 202 valence electrons. The summed E-state index contributed by atoms with van der Waals surface area (Å²) >= 11 is 6.91. The summed E-state index contributed by atoms with van der Waals surface area (Å²) in [7, 11) is 0. The van der Waals surface area contributed by atoms with Crippen molar-refractivity contribution in [1.82, 2.24) is 10.2 Å².